The zero-order valence-electron chi connectivity index (χ0n) is 13.0. The minimum atomic E-state index is 0. The van der Waals surface area contributed by atoms with E-state index in [1.165, 1.54) is 45.3 Å². The highest BCUT2D eigenvalue weighted by molar-refractivity contribution is 14.0. The van der Waals surface area contributed by atoms with Crippen LogP contribution in [0.4, 0.5) is 0 Å². The maximum Gasteiger partial charge on any atom is 0.188 e. The molecule has 0 bridgehead atoms. The molecule has 0 spiro atoms. The van der Waals surface area contributed by atoms with Crippen molar-refractivity contribution in [1.29, 1.82) is 0 Å². The van der Waals surface area contributed by atoms with Crippen LogP contribution in [0, 0.1) is 17.8 Å². The van der Waals surface area contributed by atoms with Crippen molar-refractivity contribution in [3.8, 4) is 0 Å². The van der Waals surface area contributed by atoms with Crippen LogP contribution in [0.1, 0.15) is 39.5 Å². The van der Waals surface area contributed by atoms with E-state index in [4.69, 9.17) is 5.73 Å². The third-order valence-corrected chi connectivity index (χ3v) is 4.31. The van der Waals surface area contributed by atoms with E-state index in [0.717, 1.165) is 24.9 Å². The molecule has 0 radical (unpaired) electrons. The molecule has 1 aliphatic heterocycles. The number of guanidine groups is 1. The van der Waals surface area contributed by atoms with Crippen LogP contribution in [0.2, 0.25) is 0 Å². The van der Waals surface area contributed by atoms with E-state index in [2.05, 4.69) is 29.1 Å². The van der Waals surface area contributed by atoms with Gasteiger partial charge in [0.1, 0.15) is 0 Å². The Hall–Kier alpha value is -0.0400. The summed E-state index contributed by atoms with van der Waals surface area (Å²) in [6, 6.07) is 0. The van der Waals surface area contributed by atoms with Crippen LogP contribution in [0.15, 0.2) is 4.99 Å². The molecule has 0 aromatic carbocycles. The third-order valence-electron chi connectivity index (χ3n) is 4.31. The lowest BCUT2D eigenvalue weighted by Crippen LogP contribution is -2.37. The van der Waals surface area contributed by atoms with Gasteiger partial charge in [-0.05, 0) is 43.6 Å². The van der Waals surface area contributed by atoms with E-state index < -0.39 is 0 Å². The van der Waals surface area contributed by atoms with E-state index in [9.17, 15) is 0 Å². The van der Waals surface area contributed by atoms with Gasteiger partial charge in [0.15, 0.2) is 5.96 Å². The van der Waals surface area contributed by atoms with Crippen molar-refractivity contribution in [1.82, 2.24) is 10.2 Å². The fourth-order valence-electron chi connectivity index (χ4n) is 2.97. The Bertz CT molecular complexity index is 302. The van der Waals surface area contributed by atoms with Crippen LogP contribution in [-0.4, -0.2) is 43.6 Å². The lowest BCUT2D eigenvalue weighted by molar-refractivity contribution is 0.288. The molecule has 2 fully saturated rings. The first-order chi connectivity index (χ1) is 9.13. The topological polar surface area (TPSA) is 53.6 Å². The molecule has 1 aliphatic carbocycles. The number of halogens is 1. The van der Waals surface area contributed by atoms with Gasteiger partial charge in [-0.25, -0.2) is 0 Å². The van der Waals surface area contributed by atoms with E-state index in [1.807, 2.05) is 0 Å². The summed E-state index contributed by atoms with van der Waals surface area (Å²) in [7, 11) is 0. The molecule has 1 saturated carbocycles. The Morgan fingerprint density at radius 1 is 1.30 bits per heavy atom. The van der Waals surface area contributed by atoms with E-state index in [0.29, 0.717) is 11.9 Å². The van der Waals surface area contributed by atoms with Gasteiger partial charge >= 0.3 is 0 Å². The maximum absolute atomic E-state index is 5.92. The molecule has 1 saturated heterocycles. The lowest BCUT2D eigenvalue weighted by Gasteiger charge is -2.25. The first-order valence-corrected chi connectivity index (χ1v) is 7.89. The average molecular weight is 394 g/mol. The SMILES string of the molecule is CC(C)CN1CCC(CN=C(N)NCC2CCC2)C1.I. The van der Waals surface area contributed by atoms with Crippen LogP contribution in [0.25, 0.3) is 0 Å². The molecule has 5 heteroatoms. The quantitative estimate of drug-likeness (QED) is 0.413. The summed E-state index contributed by atoms with van der Waals surface area (Å²) in [6.07, 6.45) is 5.36. The van der Waals surface area contributed by atoms with E-state index in [1.54, 1.807) is 0 Å². The van der Waals surface area contributed by atoms with Crippen molar-refractivity contribution in [3.05, 3.63) is 0 Å². The average Bonchev–Trinajstić information content (AvgIpc) is 2.71. The van der Waals surface area contributed by atoms with Crippen LogP contribution in [0.3, 0.4) is 0 Å². The number of nitrogens with one attached hydrogen (secondary N) is 1. The number of hydrogen-bond acceptors (Lipinski definition) is 2. The van der Waals surface area contributed by atoms with Gasteiger partial charge in [-0.15, -0.1) is 24.0 Å². The van der Waals surface area contributed by atoms with Crippen LogP contribution >= 0.6 is 24.0 Å². The molecule has 4 nitrogen and oxygen atoms in total. The molecule has 2 aliphatic rings. The highest BCUT2D eigenvalue weighted by atomic mass is 127. The normalized spacial score (nSPS) is 24.6. The zero-order chi connectivity index (χ0) is 13.7. The maximum atomic E-state index is 5.92. The number of likely N-dealkylation sites (tertiary alicyclic amines) is 1. The van der Waals surface area contributed by atoms with Crippen molar-refractivity contribution in [2.45, 2.75) is 39.5 Å². The summed E-state index contributed by atoms with van der Waals surface area (Å²) >= 11 is 0. The molecule has 0 amide bonds. The first kappa shape index (κ1) is 18.0. The van der Waals surface area contributed by atoms with Crippen molar-refractivity contribution >= 4 is 29.9 Å². The lowest BCUT2D eigenvalue weighted by atomic mass is 9.85. The van der Waals surface area contributed by atoms with Crippen molar-refractivity contribution in [2.75, 3.05) is 32.7 Å². The molecule has 1 heterocycles. The molecule has 3 N–H and O–H groups in total. The molecular formula is C15H31IN4. The molecule has 0 aromatic rings. The minimum Gasteiger partial charge on any atom is -0.370 e. The Balaban J connectivity index is 0.00000200. The Morgan fingerprint density at radius 3 is 2.65 bits per heavy atom. The number of nitrogens with zero attached hydrogens (tertiary/aromatic N) is 2. The second-order valence-electron chi connectivity index (χ2n) is 6.71. The zero-order valence-corrected chi connectivity index (χ0v) is 15.3. The standard InChI is InChI=1S/C15H30N4.HI/c1-12(2)10-19-7-6-14(11-19)9-18-15(16)17-8-13-4-3-5-13;/h12-14H,3-11H2,1-2H3,(H3,16,17,18);1H. The van der Waals surface area contributed by atoms with Crippen LogP contribution in [-0.2, 0) is 0 Å². The number of aliphatic imine (C=N–C) groups is 1. The largest absolute Gasteiger partial charge is 0.370 e. The molecule has 0 aromatic heterocycles. The van der Waals surface area contributed by atoms with E-state index >= 15 is 0 Å². The van der Waals surface area contributed by atoms with Gasteiger partial charge in [0, 0.05) is 26.2 Å². The molecule has 1 unspecified atom stereocenters. The summed E-state index contributed by atoms with van der Waals surface area (Å²) in [5, 5.41) is 3.27. The van der Waals surface area contributed by atoms with Gasteiger partial charge in [0.25, 0.3) is 0 Å². The smallest absolute Gasteiger partial charge is 0.188 e. The van der Waals surface area contributed by atoms with Crippen LogP contribution < -0.4 is 11.1 Å². The second-order valence-corrected chi connectivity index (χ2v) is 6.71. The highest BCUT2D eigenvalue weighted by Gasteiger charge is 2.22. The summed E-state index contributed by atoms with van der Waals surface area (Å²) in [5.41, 5.74) is 5.92. The summed E-state index contributed by atoms with van der Waals surface area (Å²) in [4.78, 5) is 7.07. The summed E-state index contributed by atoms with van der Waals surface area (Å²) in [6.45, 7) is 10.1. The third kappa shape index (κ3) is 6.16. The van der Waals surface area contributed by atoms with E-state index in [-0.39, 0.29) is 24.0 Å². The molecular weight excluding hydrogens is 363 g/mol. The predicted octanol–water partition coefficient (Wildman–Crippen LogP) is 2.29. The van der Waals surface area contributed by atoms with Gasteiger partial charge in [0.05, 0.1) is 0 Å². The first-order valence-electron chi connectivity index (χ1n) is 7.89. The summed E-state index contributed by atoms with van der Waals surface area (Å²) < 4.78 is 0. The monoisotopic (exact) mass is 394 g/mol. The second kappa shape index (κ2) is 9.07. The predicted molar refractivity (Wildman–Crippen MR) is 96.6 cm³/mol. The summed E-state index contributed by atoms with van der Waals surface area (Å²) in [5.74, 6) is 2.94. The molecule has 118 valence electrons. The highest BCUT2D eigenvalue weighted by Crippen LogP contribution is 2.25. The fraction of sp³-hybridized carbons (Fsp3) is 0.933. The van der Waals surface area contributed by atoms with Crippen molar-refractivity contribution in [2.24, 2.45) is 28.5 Å². The minimum absolute atomic E-state index is 0. The van der Waals surface area contributed by atoms with Crippen molar-refractivity contribution in [3.63, 3.8) is 0 Å². The van der Waals surface area contributed by atoms with Gasteiger partial charge in [-0.3, -0.25) is 4.99 Å². The van der Waals surface area contributed by atoms with Gasteiger partial charge in [0.2, 0.25) is 0 Å². The fourth-order valence-corrected chi connectivity index (χ4v) is 2.97. The number of nitrogens with two attached hydrogens (primary N) is 1. The molecule has 1 atom stereocenters. The van der Waals surface area contributed by atoms with Crippen LogP contribution in [0.5, 0.6) is 0 Å². The molecule has 2 rings (SSSR count). The number of hydrogen-bond donors (Lipinski definition) is 2. The number of rotatable bonds is 6. The van der Waals surface area contributed by atoms with Crippen molar-refractivity contribution < 1.29 is 0 Å². The van der Waals surface area contributed by atoms with Gasteiger partial charge in [-0.1, -0.05) is 20.3 Å². The van der Waals surface area contributed by atoms with Gasteiger partial charge in [-0.2, -0.15) is 0 Å². The Labute approximate surface area is 141 Å². The molecule has 20 heavy (non-hydrogen) atoms. The van der Waals surface area contributed by atoms with Gasteiger partial charge < -0.3 is 16.0 Å². The Kier molecular flexibility index (Phi) is 8.17. The Morgan fingerprint density at radius 2 is 2.05 bits per heavy atom.